The molecule has 86 valence electrons. The monoisotopic (exact) mass is 245 g/mol. The Kier molecular flexibility index (Phi) is 2.73. The number of ether oxygens (including phenoxy) is 1. The van der Waals surface area contributed by atoms with Crippen molar-refractivity contribution in [3.8, 4) is 17.0 Å². The molecule has 3 heteroatoms. The molecule has 2 nitrogen and oxygen atoms in total. The van der Waals surface area contributed by atoms with E-state index in [9.17, 15) is 0 Å². The van der Waals surface area contributed by atoms with Gasteiger partial charge in [-0.05, 0) is 49.2 Å². The minimum atomic E-state index is 0.435. The molecule has 0 bridgehead atoms. The fourth-order valence-electron chi connectivity index (χ4n) is 1.65. The molecule has 3 rings (SSSR count). The highest BCUT2D eigenvalue weighted by molar-refractivity contribution is 6.29. The number of pyridine rings is 1. The first-order valence-electron chi connectivity index (χ1n) is 5.71. The minimum Gasteiger partial charge on any atom is -0.490 e. The van der Waals surface area contributed by atoms with Gasteiger partial charge in [0, 0.05) is 5.56 Å². The predicted molar refractivity (Wildman–Crippen MR) is 68.3 cm³/mol. The molecule has 0 N–H and O–H groups in total. The van der Waals surface area contributed by atoms with E-state index in [0.29, 0.717) is 11.3 Å². The fourth-order valence-corrected chi connectivity index (χ4v) is 1.82. The van der Waals surface area contributed by atoms with Crippen molar-refractivity contribution in [1.82, 2.24) is 4.98 Å². The van der Waals surface area contributed by atoms with Gasteiger partial charge in [-0.25, -0.2) is 4.98 Å². The summed E-state index contributed by atoms with van der Waals surface area (Å²) in [6, 6.07) is 13.6. The van der Waals surface area contributed by atoms with Crippen LogP contribution in [0.25, 0.3) is 11.3 Å². The molecule has 0 atom stereocenters. The molecule has 1 fully saturated rings. The Morgan fingerprint density at radius 2 is 1.82 bits per heavy atom. The van der Waals surface area contributed by atoms with Crippen LogP contribution in [0.15, 0.2) is 42.5 Å². The van der Waals surface area contributed by atoms with Crippen molar-refractivity contribution in [2.45, 2.75) is 18.9 Å². The van der Waals surface area contributed by atoms with Crippen LogP contribution in [-0.4, -0.2) is 11.1 Å². The van der Waals surface area contributed by atoms with Crippen molar-refractivity contribution < 1.29 is 4.74 Å². The molecule has 1 aliphatic carbocycles. The predicted octanol–water partition coefficient (Wildman–Crippen LogP) is 3.94. The third-order valence-corrected chi connectivity index (χ3v) is 2.90. The Hall–Kier alpha value is -1.54. The molecule has 17 heavy (non-hydrogen) atoms. The van der Waals surface area contributed by atoms with Crippen LogP contribution in [0.5, 0.6) is 5.75 Å². The third-order valence-electron chi connectivity index (χ3n) is 2.69. The molecule has 1 aliphatic rings. The number of hydrogen-bond donors (Lipinski definition) is 0. The fraction of sp³-hybridized carbons (Fsp3) is 0.214. The summed E-state index contributed by atoms with van der Waals surface area (Å²) in [5.74, 6) is 0.929. The van der Waals surface area contributed by atoms with E-state index in [1.165, 1.54) is 12.8 Å². The maximum Gasteiger partial charge on any atom is 0.129 e. The molecule has 0 spiro atoms. The molecule has 0 amide bonds. The van der Waals surface area contributed by atoms with E-state index in [4.69, 9.17) is 16.3 Å². The number of aromatic nitrogens is 1. The molecule has 2 aromatic rings. The van der Waals surface area contributed by atoms with Crippen molar-refractivity contribution >= 4 is 11.6 Å². The highest BCUT2D eigenvalue weighted by atomic mass is 35.5. The topological polar surface area (TPSA) is 22.1 Å². The zero-order valence-electron chi connectivity index (χ0n) is 9.27. The van der Waals surface area contributed by atoms with E-state index in [1.807, 2.05) is 36.4 Å². The van der Waals surface area contributed by atoms with Crippen LogP contribution in [0.4, 0.5) is 0 Å². The van der Waals surface area contributed by atoms with Crippen LogP contribution < -0.4 is 4.74 Å². The van der Waals surface area contributed by atoms with Crippen LogP contribution in [0, 0.1) is 0 Å². The normalized spacial score (nSPS) is 14.6. The largest absolute Gasteiger partial charge is 0.490 e. The van der Waals surface area contributed by atoms with E-state index < -0.39 is 0 Å². The SMILES string of the molecule is Clc1cccc(-c2ccc(OC3CC3)cc2)n1. The highest BCUT2D eigenvalue weighted by Crippen LogP contribution is 2.28. The van der Waals surface area contributed by atoms with Gasteiger partial charge in [-0.1, -0.05) is 17.7 Å². The molecule has 1 heterocycles. The van der Waals surface area contributed by atoms with Crippen molar-refractivity contribution in [1.29, 1.82) is 0 Å². The number of rotatable bonds is 3. The second-order valence-electron chi connectivity index (χ2n) is 4.19. The maximum absolute atomic E-state index is 5.87. The first kappa shape index (κ1) is 10.6. The molecular weight excluding hydrogens is 234 g/mol. The lowest BCUT2D eigenvalue weighted by atomic mass is 10.1. The zero-order chi connectivity index (χ0) is 11.7. The maximum atomic E-state index is 5.87. The second kappa shape index (κ2) is 4.38. The van der Waals surface area contributed by atoms with Crippen LogP contribution in [0.3, 0.4) is 0 Å². The number of hydrogen-bond acceptors (Lipinski definition) is 2. The van der Waals surface area contributed by atoms with Crippen LogP contribution in [0.1, 0.15) is 12.8 Å². The lowest BCUT2D eigenvalue weighted by Gasteiger charge is -2.05. The average Bonchev–Trinajstić information content (AvgIpc) is 3.14. The number of nitrogens with zero attached hydrogens (tertiary/aromatic N) is 1. The molecule has 0 aliphatic heterocycles. The molecular formula is C14H12ClNO. The van der Waals surface area contributed by atoms with E-state index >= 15 is 0 Å². The Balaban J connectivity index is 1.83. The average molecular weight is 246 g/mol. The Morgan fingerprint density at radius 1 is 1.06 bits per heavy atom. The Labute approximate surface area is 105 Å². The van der Waals surface area contributed by atoms with Gasteiger partial charge < -0.3 is 4.74 Å². The van der Waals surface area contributed by atoms with Gasteiger partial charge in [-0.15, -0.1) is 0 Å². The van der Waals surface area contributed by atoms with E-state index in [-0.39, 0.29) is 0 Å². The Morgan fingerprint density at radius 3 is 2.47 bits per heavy atom. The van der Waals surface area contributed by atoms with E-state index in [2.05, 4.69) is 4.98 Å². The summed E-state index contributed by atoms with van der Waals surface area (Å²) in [6.07, 6.45) is 2.79. The third kappa shape index (κ3) is 2.59. The van der Waals surface area contributed by atoms with Crippen molar-refractivity contribution in [2.75, 3.05) is 0 Å². The van der Waals surface area contributed by atoms with Crippen LogP contribution in [-0.2, 0) is 0 Å². The van der Waals surface area contributed by atoms with E-state index in [0.717, 1.165) is 17.0 Å². The molecule has 0 saturated heterocycles. The van der Waals surface area contributed by atoms with Crippen molar-refractivity contribution in [3.05, 3.63) is 47.6 Å². The molecule has 1 saturated carbocycles. The molecule has 1 aromatic carbocycles. The molecule has 0 radical (unpaired) electrons. The summed E-state index contributed by atoms with van der Waals surface area (Å²) in [4.78, 5) is 4.27. The lowest BCUT2D eigenvalue weighted by Crippen LogP contribution is -1.95. The zero-order valence-corrected chi connectivity index (χ0v) is 10.0. The highest BCUT2D eigenvalue weighted by Gasteiger charge is 2.23. The van der Waals surface area contributed by atoms with Crippen LogP contribution in [0.2, 0.25) is 5.15 Å². The first-order chi connectivity index (χ1) is 8.31. The molecule has 1 aromatic heterocycles. The second-order valence-corrected chi connectivity index (χ2v) is 4.57. The minimum absolute atomic E-state index is 0.435. The lowest BCUT2D eigenvalue weighted by molar-refractivity contribution is 0.303. The van der Waals surface area contributed by atoms with Crippen molar-refractivity contribution in [2.24, 2.45) is 0 Å². The smallest absolute Gasteiger partial charge is 0.129 e. The summed E-state index contributed by atoms with van der Waals surface area (Å²) < 4.78 is 5.69. The van der Waals surface area contributed by atoms with Gasteiger partial charge in [0.2, 0.25) is 0 Å². The summed E-state index contributed by atoms with van der Waals surface area (Å²) >= 11 is 5.87. The van der Waals surface area contributed by atoms with Gasteiger partial charge in [-0.3, -0.25) is 0 Å². The standard InChI is InChI=1S/C14H12ClNO/c15-14-3-1-2-13(16-14)10-4-6-11(7-5-10)17-12-8-9-12/h1-7,12H,8-9H2. The van der Waals surface area contributed by atoms with Crippen molar-refractivity contribution in [3.63, 3.8) is 0 Å². The summed E-state index contributed by atoms with van der Waals surface area (Å²) in [7, 11) is 0. The number of benzene rings is 1. The summed E-state index contributed by atoms with van der Waals surface area (Å²) in [5, 5.41) is 0.515. The van der Waals surface area contributed by atoms with Crippen LogP contribution >= 0.6 is 11.6 Å². The van der Waals surface area contributed by atoms with Gasteiger partial charge in [0.25, 0.3) is 0 Å². The first-order valence-corrected chi connectivity index (χ1v) is 6.09. The van der Waals surface area contributed by atoms with Gasteiger partial charge in [0.1, 0.15) is 10.9 Å². The quantitative estimate of drug-likeness (QED) is 0.764. The Bertz CT molecular complexity index is 520. The molecule has 0 unspecified atom stereocenters. The summed E-state index contributed by atoms with van der Waals surface area (Å²) in [5.41, 5.74) is 1.94. The number of halogens is 1. The van der Waals surface area contributed by atoms with Gasteiger partial charge in [0.15, 0.2) is 0 Å². The van der Waals surface area contributed by atoms with Gasteiger partial charge in [0.05, 0.1) is 11.8 Å². The van der Waals surface area contributed by atoms with Gasteiger partial charge in [-0.2, -0.15) is 0 Å². The van der Waals surface area contributed by atoms with E-state index in [1.54, 1.807) is 6.07 Å². The van der Waals surface area contributed by atoms with Gasteiger partial charge >= 0.3 is 0 Å². The summed E-state index contributed by atoms with van der Waals surface area (Å²) in [6.45, 7) is 0.